The fourth-order valence-corrected chi connectivity index (χ4v) is 2.07. The average molecular weight is 344 g/mol. The average Bonchev–Trinajstić information content (AvgIpc) is 3.02. The Hall–Kier alpha value is -2.43. The molecule has 1 aromatic heterocycles. The van der Waals surface area contributed by atoms with E-state index in [-0.39, 0.29) is 17.9 Å². The van der Waals surface area contributed by atoms with Crippen LogP contribution in [-0.2, 0) is 17.6 Å². The zero-order valence-corrected chi connectivity index (χ0v) is 15.6. The summed E-state index contributed by atoms with van der Waals surface area (Å²) in [6.07, 6.45) is 2.99. The molecule has 0 saturated heterocycles. The van der Waals surface area contributed by atoms with Crippen molar-refractivity contribution in [2.45, 2.75) is 59.3 Å². The summed E-state index contributed by atoms with van der Waals surface area (Å²) in [4.78, 5) is 14.9. The van der Waals surface area contributed by atoms with Gasteiger partial charge in [-0.05, 0) is 23.5 Å². The Bertz CT molecular complexity index is 675. The zero-order chi connectivity index (χ0) is 18.8. The standard InChI is InChI=1S/C17H20N2O3.C3H8/c1-4-11(2)14-7-5-13(6-8-14)10-15-18-16(22-19-15)9-12(3)17(20)21;1-3-2/h5-8,11H,3-4,9-10H2,1-2H3,(H,20,21);3H2,1-2H3. The Morgan fingerprint density at radius 1 is 1.24 bits per heavy atom. The maximum atomic E-state index is 10.7. The summed E-state index contributed by atoms with van der Waals surface area (Å²) in [7, 11) is 0. The van der Waals surface area contributed by atoms with Crippen LogP contribution < -0.4 is 0 Å². The molecule has 136 valence electrons. The fraction of sp³-hybridized carbons (Fsp3) is 0.450. The molecular formula is C20H28N2O3. The Morgan fingerprint density at radius 2 is 1.84 bits per heavy atom. The number of hydrogen-bond acceptors (Lipinski definition) is 4. The van der Waals surface area contributed by atoms with Crippen LogP contribution in [0.15, 0.2) is 40.9 Å². The van der Waals surface area contributed by atoms with E-state index >= 15 is 0 Å². The summed E-state index contributed by atoms with van der Waals surface area (Å²) in [6.45, 7) is 12.1. The minimum Gasteiger partial charge on any atom is -0.478 e. The first-order valence-corrected chi connectivity index (χ1v) is 8.72. The van der Waals surface area contributed by atoms with Crippen molar-refractivity contribution < 1.29 is 14.4 Å². The second kappa shape index (κ2) is 10.4. The zero-order valence-electron chi connectivity index (χ0n) is 15.6. The summed E-state index contributed by atoms with van der Waals surface area (Å²) in [5.41, 5.74) is 2.45. The van der Waals surface area contributed by atoms with Gasteiger partial charge in [-0.1, -0.05) is 70.1 Å². The number of carboxylic acids is 1. The Morgan fingerprint density at radius 3 is 2.36 bits per heavy atom. The molecule has 0 saturated carbocycles. The topological polar surface area (TPSA) is 76.2 Å². The van der Waals surface area contributed by atoms with Gasteiger partial charge in [-0.3, -0.25) is 0 Å². The number of rotatable bonds is 7. The second-order valence-corrected chi connectivity index (χ2v) is 6.12. The van der Waals surface area contributed by atoms with Crippen LogP contribution in [0.2, 0.25) is 0 Å². The van der Waals surface area contributed by atoms with Crippen molar-refractivity contribution in [1.82, 2.24) is 10.1 Å². The van der Waals surface area contributed by atoms with E-state index in [2.05, 4.69) is 68.7 Å². The lowest BCUT2D eigenvalue weighted by atomic mass is 9.97. The highest BCUT2D eigenvalue weighted by atomic mass is 16.5. The van der Waals surface area contributed by atoms with Crippen molar-refractivity contribution in [3.05, 3.63) is 59.3 Å². The molecule has 0 bridgehead atoms. The maximum absolute atomic E-state index is 10.7. The van der Waals surface area contributed by atoms with Crippen molar-refractivity contribution >= 4 is 5.97 Å². The van der Waals surface area contributed by atoms with Crippen LogP contribution in [0.3, 0.4) is 0 Å². The third-order valence-electron chi connectivity index (χ3n) is 3.70. The van der Waals surface area contributed by atoms with Crippen molar-refractivity contribution in [3.63, 3.8) is 0 Å². The molecule has 0 aliphatic carbocycles. The molecule has 0 aliphatic heterocycles. The van der Waals surface area contributed by atoms with Crippen LogP contribution in [0.5, 0.6) is 0 Å². The van der Waals surface area contributed by atoms with Crippen LogP contribution in [0.25, 0.3) is 0 Å². The third-order valence-corrected chi connectivity index (χ3v) is 3.70. The largest absolute Gasteiger partial charge is 0.478 e. The summed E-state index contributed by atoms with van der Waals surface area (Å²) in [5, 5.41) is 12.7. The normalized spacial score (nSPS) is 11.4. The van der Waals surface area contributed by atoms with E-state index in [9.17, 15) is 4.79 Å². The molecule has 1 atom stereocenters. The number of aromatic nitrogens is 2. The predicted octanol–water partition coefficient (Wildman–Crippen LogP) is 4.77. The molecule has 5 heteroatoms. The summed E-state index contributed by atoms with van der Waals surface area (Å²) in [6, 6.07) is 8.37. The van der Waals surface area contributed by atoms with E-state index in [1.54, 1.807) is 0 Å². The highest BCUT2D eigenvalue weighted by Gasteiger charge is 2.12. The van der Waals surface area contributed by atoms with E-state index in [1.165, 1.54) is 12.0 Å². The van der Waals surface area contributed by atoms with Gasteiger partial charge in [0.2, 0.25) is 5.89 Å². The smallest absolute Gasteiger partial charge is 0.331 e. The lowest BCUT2D eigenvalue weighted by Gasteiger charge is -2.09. The van der Waals surface area contributed by atoms with Crippen LogP contribution in [-0.4, -0.2) is 21.2 Å². The molecule has 1 unspecified atom stereocenters. The quantitative estimate of drug-likeness (QED) is 0.732. The summed E-state index contributed by atoms with van der Waals surface area (Å²) < 4.78 is 5.05. The minimum absolute atomic E-state index is 0.0353. The summed E-state index contributed by atoms with van der Waals surface area (Å²) >= 11 is 0. The number of nitrogens with zero attached hydrogens (tertiary/aromatic N) is 2. The first kappa shape index (κ1) is 20.6. The van der Waals surface area contributed by atoms with Gasteiger partial charge in [-0.25, -0.2) is 4.79 Å². The molecule has 5 nitrogen and oxygen atoms in total. The molecule has 0 fully saturated rings. The second-order valence-electron chi connectivity index (χ2n) is 6.12. The molecule has 0 radical (unpaired) electrons. The van der Waals surface area contributed by atoms with E-state index < -0.39 is 5.97 Å². The van der Waals surface area contributed by atoms with Gasteiger partial charge in [0, 0.05) is 12.0 Å². The molecule has 1 heterocycles. The fourth-order valence-electron chi connectivity index (χ4n) is 2.07. The number of benzene rings is 1. The predicted molar refractivity (Wildman–Crippen MR) is 98.7 cm³/mol. The van der Waals surface area contributed by atoms with E-state index in [0.717, 1.165) is 12.0 Å². The van der Waals surface area contributed by atoms with Crippen molar-refractivity contribution in [2.24, 2.45) is 0 Å². The SMILES string of the molecule is C=C(Cc1nc(Cc2ccc(C(C)CC)cc2)no1)C(=O)O.CCC. The van der Waals surface area contributed by atoms with Gasteiger partial charge in [-0.2, -0.15) is 4.98 Å². The monoisotopic (exact) mass is 344 g/mol. The molecule has 1 aromatic carbocycles. The van der Waals surface area contributed by atoms with Gasteiger partial charge in [0.1, 0.15) is 0 Å². The van der Waals surface area contributed by atoms with E-state index in [4.69, 9.17) is 9.63 Å². The molecule has 2 aromatic rings. The lowest BCUT2D eigenvalue weighted by Crippen LogP contribution is -2.02. The van der Waals surface area contributed by atoms with Crippen LogP contribution in [0.1, 0.15) is 69.3 Å². The van der Waals surface area contributed by atoms with Gasteiger partial charge >= 0.3 is 5.97 Å². The van der Waals surface area contributed by atoms with Gasteiger partial charge < -0.3 is 9.63 Å². The first-order valence-electron chi connectivity index (χ1n) is 8.72. The third kappa shape index (κ3) is 6.91. The molecular weight excluding hydrogens is 316 g/mol. The van der Waals surface area contributed by atoms with E-state index in [0.29, 0.717) is 18.2 Å². The summed E-state index contributed by atoms with van der Waals surface area (Å²) in [5.74, 6) is 0.316. The minimum atomic E-state index is -1.06. The Balaban J connectivity index is 0.000000970. The van der Waals surface area contributed by atoms with E-state index in [1.807, 2.05) is 0 Å². The number of aliphatic carboxylic acids is 1. The molecule has 0 aliphatic rings. The van der Waals surface area contributed by atoms with Gasteiger partial charge in [0.05, 0.1) is 6.42 Å². The number of carboxylic acid groups (broad SMARTS) is 1. The number of hydrogen-bond donors (Lipinski definition) is 1. The molecule has 0 amide bonds. The maximum Gasteiger partial charge on any atom is 0.331 e. The van der Waals surface area contributed by atoms with Crippen molar-refractivity contribution in [3.8, 4) is 0 Å². The van der Waals surface area contributed by atoms with Crippen molar-refractivity contribution in [1.29, 1.82) is 0 Å². The van der Waals surface area contributed by atoms with Crippen LogP contribution in [0, 0.1) is 0 Å². The highest BCUT2D eigenvalue weighted by molar-refractivity contribution is 5.86. The van der Waals surface area contributed by atoms with Gasteiger partial charge in [0.15, 0.2) is 5.82 Å². The molecule has 0 spiro atoms. The van der Waals surface area contributed by atoms with Gasteiger partial charge in [0.25, 0.3) is 0 Å². The molecule has 25 heavy (non-hydrogen) atoms. The van der Waals surface area contributed by atoms with Crippen molar-refractivity contribution in [2.75, 3.05) is 0 Å². The first-order chi connectivity index (χ1) is 11.9. The molecule has 1 N–H and O–H groups in total. The lowest BCUT2D eigenvalue weighted by molar-refractivity contribution is -0.132. The Kier molecular flexibility index (Phi) is 8.61. The van der Waals surface area contributed by atoms with Gasteiger partial charge in [-0.15, -0.1) is 0 Å². The highest BCUT2D eigenvalue weighted by Crippen LogP contribution is 2.19. The van der Waals surface area contributed by atoms with Crippen LogP contribution in [0.4, 0.5) is 0 Å². The van der Waals surface area contributed by atoms with Crippen LogP contribution >= 0.6 is 0 Å². The molecule has 2 rings (SSSR count). The number of carbonyl (C=O) groups is 1. The Labute approximate surface area is 149 Å².